The number of nitrogens with two attached hydrogens (primary N) is 1. The molecule has 6 heteroatoms. The molecule has 5 nitrogen and oxygen atoms in total. The van der Waals surface area contributed by atoms with E-state index in [0.717, 1.165) is 24.1 Å². The second kappa shape index (κ2) is 8.79. The highest BCUT2D eigenvalue weighted by atomic mass is 32.1. The number of esters is 1. The Morgan fingerprint density at radius 1 is 1.43 bits per heavy atom. The minimum Gasteiger partial charge on any atom is -0.462 e. The van der Waals surface area contributed by atoms with Gasteiger partial charge < -0.3 is 15.8 Å². The van der Waals surface area contributed by atoms with Gasteiger partial charge in [0.1, 0.15) is 5.00 Å². The number of nitrogens with one attached hydrogen (secondary N) is 1. The van der Waals surface area contributed by atoms with Crippen LogP contribution in [-0.4, -0.2) is 25.0 Å². The lowest BCUT2D eigenvalue weighted by Crippen LogP contribution is -2.21. The number of amides is 1. The molecule has 0 spiro atoms. The van der Waals surface area contributed by atoms with Crippen molar-refractivity contribution < 1.29 is 14.3 Å². The van der Waals surface area contributed by atoms with E-state index in [9.17, 15) is 9.59 Å². The Morgan fingerprint density at radius 3 is 2.71 bits per heavy atom. The van der Waals surface area contributed by atoms with Gasteiger partial charge in [0.2, 0.25) is 5.91 Å². The van der Waals surface area contributed by atoms with E-state index in [1.807, 2.05) is 13.8 Å². The summed E-state index contributed by atoms with van der Waals surface area (Å²) in [6, 6.07) is 1.79. The zero-order chi connectivity index (χ0) is 15.8. The summed E-state index contributed by atoms with van der Waals surface area (Å²) in [5.74, 6) is -0.604. The van der Waals surface area contributed by atoms with Crippen LogP contribution < -0.4 is 11.1 Å². The fraction of sp³-hybridized carbons (Fsp3) is 0.600. The lowest BCUT2D eigenvalue weighted by molar-refractivity contribution is -0.119. The van der Waals surface area contributed by atoms with Gasteiger partial charge in [-0.2, -0.15) is 0 Å². The topological polar surface area (TPSA) is 81.4 Å². The fourth-order valence-electron chi connectivity index (χ4n) is 1.86. The molecule has 0 aliphatic heterocycles. The van der Waals surface area contributed by atoms with E-state index in [-0.39, 0.29) is 11.8 Å². The number of ether oxygens (including phenoxy) is 1. The summed E-state index contributed by atoms with van der Waals surface area (Å²) in [5.41, 5.74) is 5.90. The molecule has 1 heterocycles. The summed E-state index contributed by atoms with van der Waals surface area (Å²) in [4.78, 5) is 25.1. The van der Waals surface area contributed by atoms with Crippen LogP contribution in [0.4, 0.5) is 5.00 Å². The van der Waals surface area contributed by atoms with E-state index in [2.05, 4.69) is 5.32 Å². The van der Waals surface area contributed by atoms with Gasteiger partial charge in [0.15, 0.2) is 0 Å². The van der Waals surface area contributed by atoms with Crippen LogP contribution in [0.2, 0.25) is 0 Å². The number of hydrogen-bond donors (Lipinski definition) is 2. The van der Waals surface area contributed by atoms with E-state index in [0.29, 0.717) is 23.7 Å². The molecule has 0 aromatic carbocycles. The molecule has 0 aliphatic rings. The molecule has 0 radical (unpaired) electrons. The molecule has 0 saturated heterocycles. The number of rotatable bonds is 8. The van der Waals surface area contributed by atoms with Gasteiger partial charge in [0, 0.05) is 10.8 Å². The Labute approximate surface area is 129 Å². The Morgan fingerprint density at radius 2 is 2.14 bits per heavy atom. The first kappa shape index (κ1) is 17.7. The smallest absolute Gasteiger partial charge is 0.341 e. The predicted molar refractivity (Wildman–Crippen MR) is 85.7 cm³/mol. The fourth-order valence-corrected chi connectivity index (χ4v) is 2.85. The van der Waals surface area contributed by atoms with Crippen molar-refractivity contribution in [1.82, 2.24) is 0 Å². The number of hydrogen-bond acceptors (Lipinski definition) is 5. The van der Waals surface area contributed by atoms with Gasteiger partial charge >= 0.3 is 5.97 Å². The SMILES string of the molecule is CCOC(=O)c1cc(CC)sc1NC(=O)C(C)CCCN. The van der Waals surface area contributed by atoms with E-state index < -0.39 is 5.97 Å². The maximum Gasteiger partial charge on any atom is 0.341 e. The first-order valence-corrected chi connectivity index (χ1v) is 8.15. The predicted octanol–water partition coefficient (Wildman–Crippen LogP) is 2.80. The number of aryl methyl sites for hydroxylation is 1. The summed E-state index contributed by atoms with van der Waals surface area (Å²) in [5, 5.41) is 3.43. The lowest BCUT2D eigenvalue weighted by Gasteiger charge is -2.11. The van der Waals surface area contributed by atoms with E-state index in [1.165, 1.54) is 11.3 Å². The number of anilines is 1. The van der Waals surface area contributed by atoms with Crippen LogP contribution in [0, 0.1) is 5.92 Å². The molecule has 1 amide bonds. The molecule has 118 valence electrons. The van der Waals surface area contributed by atoms with E-state index >= 15 is 0 Å². The molecular weight excluding hydrogens is 288 g/mol. The van der Waals surface area contributed by atoms with Crippen molar-refractivity contribution in [3.8, 4) is 0 Å². The van der Waals surface area contributed by atoms with Crippen LogP contribution in [0.1, 0.15) is 48.8 Å². The first-order valence-electron chi connectivity index (χ1n) is 7.34. The molecule has 0 bridgehead atoms. The summed E-state index contributed by atoms with van der Waals surface area (Å²) in [6.45, 7) is 6.53. The van der Waals surface area contributed by atoms with Gasteiger partial charge in [-0.3, -0.25) is 4.79 Å². The summed E-state index contributed by atoms with van der Waals surface area (Å²) in [7, 11) is 0. The Hall–Kier alpha value is -1.40. The van der Waals surface area contributed by atoms with Gasteiger partial charge in [0.05, 0.1) is 12.2 Å². The van der Waals surface area contributed by atoms with E-state index in [1.54, 1.807) is 13.0 Å². The monoisotopic (exact) mass is 312 g/mol. The molecule has 21 heavy (non-hydrogen) atoms. The van der Waals surface area contributed by atoms with Gasteiger partial charge in [-0.1, -0.05) is 13.8 Å². The Balaban J connectivity index is 2.83. The number of thiophene rings is 1. The van der Waals surface area contributed by atoms with Crippen molar-refractivity contribution in [1.29, 1.82) is 0 Å². The van der Waals surface area contributed by atoms with Crippen molar-refractivity contribution in [2.45, 2.75) is 40.0 Å². The zero-order valence-corrected chi connectivity index (χ0v) is 13.7. The van der Waals surface area contributed by atoms with E-state index in [4.69, 9.17) is 10.5 Å². The van der Waals surface area contributed by atoms with Gasteiger partial charge in [-0.15, -0.1) is 11.3 Å². The molecule has 1 unspecified atom stereocenters. The second-order valence-electron chi connectivity index (χ2n) is 4.85. The van der Waals surface area contributed by atoms with Crippen molar-refractivity contribution in [3.05, 3.63) is 16.5 Å². The van der Waals surface area contributed by atoms with Gasteiger partial charge in [-0.05, 0) is 38.8 Å². The van der Waals surface area contributed by atoms with Crippen molar-refractivity contribution >= 4 is 28.2 Å². The third kappa shape index (κ3) is 5.13. The first-order chi connectivity index (χ1) is 10.0. The molecule has 3 N–H and O–H groups in total. The molecule has 1 atom stereocenters. The average Bonchev–Trinajstić information content (AvgIpc) is 2.88. The van der Waals surface area contributed by atoms with Crippen molar-refractivity contribution in [3.63, 3.8) is 0 Å². The van der Waals surface area contributed by atoms with Crippen LogP contribution in [0.15, 0.2) is 6.07 Å². The quantitative estimate of drug-likeness (QED) is 0.723. The molecular formula is C15H24N2O3S. The highest BCUT2D eigenvalue weighted by Gasteiger charge is 2.20. The van der Waals surface area contributed by atoms with Crippen LogP contribution in [-0.2, 0) is 16.0 Å². The lowest BCUT2D eigenvalue weighted by atomic mass is 10.1. The summed E-state index contributed by atoms with van der Waals surface area (Å²) < 4.78 is 5.03. The zero-order valence-electron chi connectivity index (χ0n) is 12.9. The average molecular weight is 312 g/mol. The van der Waals surface area contributed by atoms with Crippen LogP contribution in [0.3, 0.4) is 0 Å². The minimum atomic E-state index is -0.390. The second-order valence-corrected chi connectivity index (χ2v) is 5.99. The van der Waals surface area contributed by atoms with Crippen molar-refractivity contribution in [2.75, 3.05) is 18.5 Å². The summed E-state index contributed by atoms with van der Waals surface area (Å²) in [6.07, 6.45) is 2.36. The normalized spacial score (nSPS) is 12.0. The third-order valence-electron chi connectivity index (χ3n) is 3.15. The molecule has 1 aromatic heterocycles. The van der Waals surface area contributed by atoms with Crippen LogP contribution >= 0.6 is 11.3 Å². The maximum absolute atomic E-state index is 12.2. The van der Waals surface area contributed by atoms with Crippen molar-refractivity contribution in [2.24, 2.45) is 11.7 Å². The molecule has 1 rings (SSSR count). The third-order valence-corrected chi connectivity index (χ3v) is 4.35. The highest BCUT2D eigenvalue weighted by Crippen LogP contribution is 2.30. The molecule has 0 fully saturated rings. The van der Waals surface area contributed by atoms with Gasteiger partial charge in [0.25, 0.3) is 0 Å². The largest absolute Gasteiger partial charge is 0.462 e. The molecule has 0 aliphatic carbocycles. The summed E-state index contributed by atoms with van der Waals surface area (Å²) >= 11 is 1.43. The highest BCUT2D eigenvalue weighted by molar-refractivity contribution is 7.16. The van der Waals surface area contributed by atoms with Gasteiger partial charge in [-0.25, -0.2) is 4.79 Å². The number of carbonyl (C=O) groups is 2. The van der Waals surface area contributed by atoms with Crippen LogP contribution in [0.5, 0.6) is 0 Å². The van der Waals surface area contributed by atoms with Crippen LogP contribution in [0.25, 0.3) is 0 Å². The molecule has 0 saturated carbocycles. The Bertz CT molecular complexity index is 485. The Kier molecular flexibility index (Phi) is 7.39. The standard InChI is InChI=1S/C15H24N2O3S/c1-4-11-9-12(15(19)20-5-2)14(21-11)17-13(18)10(3)7-6-8-16/h9-10H,4-8,16H2,1-3H3,(H,17,18). The maximum atomic E-state index is 12.2. The molecule has 1 aromatic rings. The minimum absolute atomic E-state index is 0.0847. The number of carbonyl (C=O) groups excluding carboxylic acids is 2.